The lowest BCUT2D eigenvalue weighted by Gasteiger charge is -2.36. The number of alkyl halides is 3. The van der Waals surface area contributed by atoms with E-state index in [2.05, 4.69) is 48.5 Å². The molecule has 0 saturated carbocycles. The lowest BCUT2D eigenvalue weighted by molar-refractivity contribution is -0.141. The van der Waals surface area contributed by atoms with Gasteiger partial charge in [-0.25, -0.2) is 14.8 Å². The average Bonchev–Trinajstić information content (AvgIpc) is 2.77. The van der Waals surface area contributed by atoms with Gasteiger partial charge in [-0.05, 0) is 31.9 Å². The van der Waals surface area contributed by atoms with Crippen LogP contribution in [0.4, 0.5) is 19.0 Å². The van der Waals surface area contributed by atoms with Crippen LogP contribution in [-0.4, -0.2) is 57.1 Å². The fourth-order valence-electron chi connectivity index (χ4n) is 3.94. The van der Waals surface area contributed by atoms with E-state index in [0.29, 0.717) is 13.0 Å². The highest BCUT2D eigenvalue weighted by atomic mass is 19.4. The van der Waals surface area contributed by atoms with Gasteiger partial charge in [-0.1, -0.05) is 34.1 Å². The third-order valence-electron chi connectivity index (χ3n) is 5.93. The molecule has 0 N–H and O–H groups in total. The summed E-state index contributed by atoms with van der Waals surface area (Å²) in [5, 5.41) is 0. The number of hydrogen-bond acceptors (Lipinski definition) is 6. The quantitative estimate of drug-likeness (QED) is 0.534. The summed E-state index contributed by atoms with van der Waals surface area (Å²) >= 11 is 0. The number of aromatic nitrogens is 4. The van der Waals surface area contributed by atoms with Crippen LogP contribution < -0.4 is 10.6 Å². The second kappa shape index (κ2) is 10.8. The second-order valence-electron chi connectivity index (χ2n) is 9.86. The van der Waals surface area contributed by atoms with Crippen LogP contribution in [0.1, 0.15) is 64.2 Å². The number of unbranched alkanes of at least 4 members (excludes halogenated alkanes) is 1. The minimum absolute atomic E-state index is 0.106. The normalized spacial score (nSPS) is 15.7. The van der Waals surface area contributed by atoms with Gasteiger partial charge in [-0.3, -0.25) is 9.47 Å². The maximum absolute atomic E-state index is 12.6. The van der Waals surface area contributed by atoms with Crippen LogP contribution in [-0.2, 0) is 24.6 Å². The van der Waals surface area contributed by atoms with E-state index in [1.165, 1.54) is 10.8 Å². The number of aryl methyl sites for hydroxylation is 2. The number of anilines is 1. The van der Waals surface area contributed by atoms with E-state index < -0.39 is 17.6 Å². The molecule has 0 unspecified atom stereocenters. The Hall–Kier alpha value is -2.49. The maximum Gasteiger partial charge on any atom is 0.433 e. The zero-order valence-electron chi connectivity index (χ0n) is 20.5. The summed E-state index contributed by atoms with van der Waals surface area (Å²) in [5.74, 6) is 1.88. The smallest absolute Gasteiger partial charge is 0.354 e. The van der Waals surface area contributed by atoms with Gasteiger partial charge in [0.2, 0.25) is 0 Å². The van der Waals surface area contributed by atoms with Gasteiger partial charge in [0.1, 0.15) is 11.6 Å². The van der Waals surface area contributed by atoms with Crippen molar-refractivity contribution in [3.05, 3.63) is 46.0 Å². The maximum atomic E-state index is 12.6. The molecular weight excluding hydrogens is 445 g/mol. The molecule has 2 aromatic heterocycles. The van der Waals surface area contributed by atoms with Crippen molar-refractivity contribution < 1.29 is 13.2 Å². The number of hydrogen-bond donors (Lipinski definition) is 0. The first-order chi connectivity index (χ1) is 16.0. The Kier molecular flexibility index (Phi) is 8.33. The first-order valence-corrected chi connectivity index (χ1v) is 12.0. The summed E-state index contributed by atoms with van der Waals surface area (Å²) in [5.41, 5.74) is -1.02. The molecule has 10 heteroatoms. The van der Waals surface area contributed by atoms with E-state index in [4.69, 9.17) is 9.97 Å². The second-order valence-corrected chi connectivity index (χ2v) is 9.86. The van der Waals surface area contributed by atoms with Gasteiger partial charge >= 0.3 is 11.9 Å². The molecule has 1 aliphatic heterocycles. The van der Waals surface area contributed by atoms with Gasteiger partial charge < -0.3 is 4.90 Å². The molecule has 1 fully saturated rings. The highest BCUT2D eigenvalue weighted by molar-refractivity contribution is 5.41. The molecule has 188 valence electrons. The minimum atomic E-state index is -4.60. The van der Waals surface area contributed by atoms with Crippen LogP contribution in [0.15, 0.2) is 23.1 Å². The van der Waals surface area contributed by atoms with E-state index in [1.54, 1.807) is 0 Å². The third-order valence-corrected chi connectivity index (χ3v) is 5.93. The number of piperazine rings is 1. The van der Waals surface area contributed by atoms with Crippen LogP contribution >= 0.6 is 0 Å². The Bertz CT molecular complexity index is 1010. The van der Waals surface area contributed by atoms with Crippen molar-refractivity contribution in [2.24, 2.45) is 0 Å². The van der Waals surface area contributed by atoms with Crippen molar-refractivity contribution >= 4 is 5.82 Å². The van der Waals surface area contributed by atoms with Crippen molar-refractivity contribution in [2.45, 2.75) is 71.5 Å². The average molecular weight is 481 g/mol. The van der Waals surface area contributed by atoms with Crippen molar-refractivity contribution in [3.8, 4) is 0 Å². The van der Waals surface area contributed by atoms with Gasteiger partial charge in [0.15, 0.2) is 5.69 Å². The van der Waals surface area contributed by atoms with Crippen molar-refractivity contribution in [3.63, 3.8) is 0 Å². The molecule has 0 amide bonds. The van der Waals surface area contributed by atoms with Gasteiger partial charge in [-0.2, -0.15) is 18.2 Å². The predicted octanol–water partition coefficient (Wildman–Crippen LogP) is 3.90. The largest absolute Gasteiger partial charge is 0.433 e. The van der Waals surface area contributed by atoms with Crippen molar-refractivity contribution in [1.82, 2.24) is 24.4 Å². The fourth-order valence-corrected chi connectivity index (χ4v) is 3.94. The summed E-state index contributed by atoms with van der Waals surface area (Å²) in [6, 6.07) is 2.97. The summed E-state index contributed by atoms with van der Waals surface area (Å²) < 4.78 is 39.2. The van der Waals surface area contributed by atoms with E-state index in [0.717, 1.165) is 75.4 Å². The van der Waals surface area contributed by atoms with Crippen LogP contribution in [0.25, 0.3) is 0 Å². The minimum Gasteiger partial charge on any atom is -0.354 e. The SMILES string of the molecule is CCCc1cc(N2CCN(CCCCn3ccc(C(F)(F)F)nc3=O)CC2)nc(C(C)(C)C)n1. The first kappa shape index (κ1) is 26.1. The Morgan fingerprint density at radius 3 is 2.24 bits per heavy atom. The first-order valence-electron chi connectivity index (χ1n) is 12.0. The predicted molar refractivity (Wildman–Crippen MR) is 126 cm³/mol. The highest BCUT2D eigenvalue weighted by Gasteiger charge is 2.33. The summed E-state index contributed by atoms with van der Waals surface area (Å²) in [4.78, 5) is 29.3. The molecule has 1 aliphatic rings. The van der Waals surface area contributed by atoms with Crippen LogP contribution in [0.3, 0.4) is 0 Å². The monoisotopic (exact) mass is 480 g/mol. The molecule has 0 aromatic carbocycles. The highest BCUT2D eigenvalue weighted by Crippen LogP contribution is 2.26. The van der Waals surface area contributed by atoms with Crippen molar-refractivity contribution in [1.29, 1.82) is 0 Å². The zero-order valence-corrected chi connectivity index (χ0v) is 20.5. The molecule has 0 aliphatic carbocycles. The van der Waals surface area contributed by atoms with E-state index in [9.17, 15) is 18.0 Å². The molecule has 7 nitrogen and oxygen atoms in total. The van der Waals surface area contributed by atoms with Gasteiger partial charge in [0.05, 0.1) is 0 Å². The Balaban J connectivity index is 1.49. The molecule has 1 saturated heterocycles. The summed E-state index contributed by atoms with van der Waals surface area (Å²) in [6.45, 7) is 13.4. The Morgan fingerprint density at radius 2 is 1.65 bits per heavy atom. The number of nitrogens with zero attached hydrogens (tertiary/aromatic N) is 6. The molecule has 2 aromatic rings. The van der Waals surface area contributed by atoms with Gasteiger partial charge in [0, 0.05) is 56.1 Å². The molecule has 3 heterocycles. The topological polar surface area (TPSA) is 67.2 Å². The standard InChI is InChI=1S/C24H35F3N6O/c1-5-8-18-17-20(30-21(28-18)23(2,3)4)32-15-13-31(14-16-32)10-6-7-11-33-12-9-19(24(25,26)27)29-22(33)34/h9,12,17H,5-8,10-11,13-16H2,1-4H3. The Morgan fingerprint density at radius 1 is 0.971 bits per heavy atom. The van der Waals surface area contributed by atoms with E-state index in [1.807, 2.05) is 0 Å². The van der Waals surface area contributed by atoms with E-state index >= 15 is 0 Å². The Labute approximate surface area is 199 Å². The van der Waals surface area contributed by atoms with Gasteiger partial charge in [-0.15, -0.1) is 0 Å². The molecule has 0 bridgehead atoms. The zero-order chi connectivity index (χ0) is 24.9. The molecule has 0 atom stereocenters. The summed E-state index contributed by atoms with van der Waals surface area (Å²) in [7, 11) is 0. The molecular formula is C24H35F3N6O. The van der Waals surface area contributed by atoms with Crippen LogP contribution in [0, 0.1) is 0 Å². The third kappa shape index (κ3) is 7.01. The molecule has 0 spiro atoms. The number of halogens is 3. The lowest BCUT2D eigenvalue weighted by atomic mass is 9.95. The summed E-state index contributed by atoms with van der Waals surface area (Å²) in [6.07, 6.45) is 0.123. The van der Waals surface area contributed by atoms with E-state index in [-0.39, 0.29) is 5.41 Å². The van der Waals surface area contributed by atoms with Gasteiger partial charge in [0.25, 0.3) is 0 Å². The lowest BCUT2D eigenvalue weighted by Crippen LogP contribution is -2.47. The molecule has 34 heavy (non-hydrogen) atoms. The van der Waals surface area contributed by atoms with Crippen molar-refractivity contribution in [2.75, 3.05) is 37.6 Å². The molecule has 3 rings (SSSR count). The van der Waals surface area contributed by atoms with Crippen LogP contribution in [0.5, 0.6) is 0 Å². The van der Waals surface area contributed by atoms with Crippen LogP contribution in [0.2, 0.25) is 0 Å². The fraction of sp³-hybridized carbons (Fsp3) is 0.667. The molecule has 0 radical (unpaired) electrons. The number of rotatable bonds is 8.